The molecule has 1 N–H and O–H groups in total. The minimum absolute atomic E-state index is 0.116. The molecule has 18 heavy (non-hydrogen) atoms. The van der Waals surface area contributed by atoms with Gasteiger partial charge in [-0.05, 0) is 19.1 Å². The van der Waals surface area contributed by atoms with Crippen molar-refractivity contribution in [3.05, 3.63) is 46.4 Å². The van der Waals surface area contributed by atoms with E-state index in [1.54, 1.807) is 7.11 Å². The Morgan fingerprint density at radius 3 is 3.00 bits per heavy atom. The van der Waals surface area contributed by atoms with Crippen molar-refractivity contribution >= 4 is 11.6 Å². The number of dihydropyridines is 1. The van der Waals surface area contributed by atoms with Gasteiger partial charge in [-0.3, -0.25) is 0 Å². The Balaban J connectivity index is 2.13. The summed E-state index contributed by atoms with van der Waals surface area (Å²) in [5.74, 6) is 0.859. The monoisotopic (exact) mass is 267 g/mol. The van der Waals surface area contributed by atoms with E-state index in [1.165, 1.54) is 0 Å². The number of allylic oxidation sites excluding steroid dienone is 4. The van der Waals surface area contributed by atoms with E-state index in [0.717, 1.165) is 28.5 Å². The molecule has 3 nitrogen and oxygen atoms in total. The molecule has 1 aliphatic carbocycles. The quantitative estimate of drug-likeness (QED) is 0.777. The molecule has 0 spiro atoms. The van der Waals surface area contributed by atoms with E-state index in [-0.39, 0.29) is 6.04 Å². The number of methoxy groups -OCH3 is 1. The van der Waals surface area contributed by atoms with Gasteiger partial charge in [-0.2, -0.15) is 0 Å². The topological polar surface area (TPSA) is 30.5 Å². The van der Waals surface area contributed by atoms with Crippen molar-refractivity contribution in [3.8, 4) is 0 Å². The molecule has 0 aromatic rings. The SMILES string of the molecule is COCCCOC1=C2C(Cl)=CC=CC2NC(C)=C1. The number of hydrogen-bond donors (Lipinski definition) is 1. The van der Waals surface area contributed by atoms with E-state index in [2.05, 4.69) is 11.4 Å². The predicted molar refractivity (Wildman–Crippen MR) is 73.2 cm³/mol. The Morgan fingerprint density at radius 2 is 2.22 bits per heavy atom. The molecule has 98 valence electrons. The lowest BCUT2D eigenvalue weighted by molar-refractivity contribution is 0.147. The van der Waals surface area contributed by atoms with Gasteiger partial charge in [-0.1, -0.05) is 23.8 Å². The molecule has 1 aliphatic heterocycles. The molecule has 4 heteroatoms. The second-order valence-electron chi connectivity index (χ2n) is 4.32. The fraction of sp³-hybridized carbons (Fsp3) is 0.429. The molecule has 2 aliphatic rings. The van der Waals surface area contributed by atoms with Crippen molar-refractivity contribution in [2.45, 2.75) is 19.4 Å². The minimum Gasteiger partial charge on any atom is -0.493 e. The van der Waals surface area contributed by atoms with Gasteiger partial charge in [-0.25, -0.2) is 0 Å². The fourth-order valence-electron chi connectivity index (χ4n) is 2.04. The minimum atomic E-state index is 0.116. The predicted octanol–water partition coefficient (Wildman–Crippen LogP) is 2.86. The van der Waals surface area contributed by atoms with Crippen LogP contribution in [0.5, 0.6) is 0 Å². The molecule has 2 rings (SSSR count). The number of hydrogen-bond acceptors (Lipinski definition) is 3. The number of halogens is 1. The van der Waals surface area contributed by atoms with Gasteiger partial charge in [0, 0.05) is 36.4 Å². The summed E-state index contributed by atoms with van der Waals surface area (Å²) < 4.78 is 10.8. The van der Waals surface area contributed by atoms with Crippen LogP contribution in [0.25, 0.3) is 0 Å². The van der Waals surface area contributed by atoms with Crippen molar-refractivity contribution in [1.82, 2.24) is 5.32 Å². The molecule has 0 amide bonds. The zero-order chi connectivity index (χ0) is 13.0. The Kier molecular flexibility index (Phi) is 4.50. The Hall–Kier alpha value is -1.19. The first-order chi connectivity index (χ1) is 8.72. The Bertz CT molecular complexity index is 435. The van der Waals surface area contributed by atoms with Crippen LogP contribution in [0.3, 0.4) is 0 Å². The number of rotatable bonds is 5. The Morgan fingerprint density at radius 1 is 1.39 bits per heavy atom. The van der Waals surface area contributed by atoms with Gasteiger partial charge >= 0.3 is 0 Å². The van der Waals surface area contributed by atoms with Gasteiger partial charge in [0.1, 0.15) is 5.76 Å². The van der Waals surface area contributed by atoms with E-state index in [1.807, 2.05) is 25.2 Å². The summed E-state index contributed by atoms with van der Waals surface area (Å²) in [6.07, 6.45) is 8.80. The standard InChI is InChI=1S/C14H18ClNO2/c1-10-9-13(18-8-4-7-17-2)14-11(15)5-3-6-12(14)16-10/h3,5-6,9,12,16H,4,7-8H2,1-2H3. The highest BCUT2D eigenvalue weighted by Gasteiger charge is 2.25. The summed E-state index contributed by atoms with van der Waals surface area (Å²) in [5.41, 5.74) is 2.10. The van der Waals surface area contributed by atoms with Crippen LogP contribution in [0.15, 0.2) is 46.4 Å². The molecule has 0 aromatic carbocycles. The van der Waals surface area contributed by atoms with E-state index in [4.69, 9.17) is 21.1 Å². The summed E-state index contributed by atoms with van der Waals surface area (Å²) >= 11 is 6.25. The van der Waals surface area contributed by atoms with Crippen LogP contribution >= 0.6 is 11.6 Å². The second-order valence-corrected chi connectivity index (χ2v) is 4.73. The molecular weight excluding hydrogens is 250 g/mol. The van der Waals surface area contributed by atoms with Crippen LogP contribution in [-0.4, -0.2) is 26.4 Å². The van der Waals surface area contributed by atoms with Crippen molar-refractivity contribution in [1.29, 1.82) is 0 Å². The maximum absolute atomic E-state index is 6.25. The van der Waals surface area contributed by atoms with E-state index >= 15 is 0 Å². The van der Waals surface area contributed by atoms with Crippen LogP contribution in [0, 0.1) is 0 Å². The molecule has 0 bridgehead atoms. The van der Waals surface area contributed by atoms with Crippen LogP contribution in [-0.2, 0) is 9.47 Å². The van der Waals surface area contributed by atoms with Gasteiger partial charge in [0.15, 0.2) is 0 Å². The van der Waals surface area contributed by atoms with Crippen LogP contribution in [0.1, 0.15) is 13.3 Å². The lowest BCUT2D eigenvalue weighted by atomic mass is 9.97. The maximum Gasteiger partial charge on any atom is 0.128 e. The number of fused-ring (bicyclic) bond motifs is 1. The van der Waals surface area contributed by atoms with Gasteiger partial charge in [0.05, 0.1) is 12.6 Å². The smallest absolute Gasteiger partial charge is 0.128 e. The van der Waals surface area contributed by atoms with Crippen molar-refractivity contribution in [2.24, 2.45) is 0 Å². The average molecular weight is 268 g/mol. The molecule has 0 aromatic heterocycles. The molecule has 0 radical (unpaired) electrons. The van der Waals surface area contributed by atoms with E-state index < -0.39 is 0 Å². The highest BCUT2D eigenvalue weighted by atomic mass is 35.5. The molecule has 1 unspecified atom stereocenters. The summed E-state index contributed by atoms with van der Waals surface area (Å²) in [5, 5.41) is 4.10. The highest BCUT2D eigenvalue weighted by Crippen LogP contribution is 2.31. The summed E-state index contributed by atoms with van der Waals surface area (Å²) in [4.78, 5) is 0. The van der Waals surface area contributed by atoms with E-state index in [0.29, 0.717) is 13.2 Å². The third-order valence-electron chi connectivity index (χ3n) is 2.86. The first kappa shape index (κ1) is 13.2. The molecule has 0 saturated heterocycles. The van der Waals surface area contributed by atoms with Gasteiger partial charge in [0.2, 0.25) is 0 Å². The molecule has 0 fully saturated rings. The van der Waals surface area contributed by atoms with Gasteiger partial charge in [-0.15, -0.1) is 0 Å². The number of nitrogens with one attached hydrogen (secondary N) is 1. The first-order valence-electron chi connectivity index (χ1n) is 6.07. The molecule has 1 atom stereocenters. The highest BCUT2D eigenvalue weighted by molar-refractivity contribution is 6.32. The number of ether oxygens (including phenoxy) is 2. The second kappa shape index (κ2) is 6.12. The fourth-order valence-corrected chi connectivity index (χ4v) is 2.33. The first-order valence-corrected chi connectivity index (χ1v) is 6.45. The summed E-state index contributed by atoms with van der Waals surface area (Å²) in [6.45, 7) is 3.36. The third-order valence-corrected chi connectivity index (χ3v) is 3.19. The molecule has 1 heterocycles. The van der Waals surface area contributed by atoms with E-state index in [9.17, 15) is 0 Å². The van der Waals surface area contributed by atoms with Crippen molar-refractivity contribution in [3.63, 3.8) is 0 Å². The zero-order valence-electron chi connectivity index (χ0n) is 10.7. The summed E-state index contributed by atoms with van der Waals surface area (Å²) in [6, 6.07) is 0.116. The normalized spacial score (nSPS) is 22.1. The van der Waals surface area contributed by atoms with Gasteiger partial charge in [0.25, 0.3) is 0 Å². The lowest BCUT2D eigenvalue weighted by Gasteiger charge is -2.28. The summed E-state index contributed by atoms with van der Waals surface area (Å²) in [7, 11) is 1.69. The van der Waals surface area contributed by atoms with Gasteiger partial charge < -0.3 is 14.8 Å². The van der Waals surface area contributed by atoms with Crippen molar-refractivity contribution in [2.75, 3.05) is 20.3 Å². The molecule has 0 saturated carbocycles. The average Bonchev–Trinajstić information content (AvgIpc) is 2.34. The van der Waals surface area contributed by atoms with Crippen molar-refractivity contribution < 1.29 is 9.47 Å². The zero-order valence-corrected chi connectivity index (χ0v) is 11.5. The van der Waals surface area contributed by atoms with Crippen LogP contribution in [0.2, 0.25) is 0 Å². The van der Waals surface area contributed by atoms with Crippen LogP contribution < -0.4 is 5.32 Å². The maximum atomic E-state index is 6.25. The largest absolute Gasteiger partial charge is 0.493 e. The molecular formula is C14H18ClNO2. The van der Waals surface area contributed by atoms with Crippen LogP contribution in [0.4, 0.5) is 0 Å². The third kappa shape index (κ3) is 2.98. The lowest BCUT2D eigenvalue weighted by Crippen LogP contribution is -2.33. The Labute approximate surface area is 113 Å².